The average Bonchev–Trinajstić information content (AvgIpc) is 3.57. The number of ether oxygens (including phenoxy) is 7. The van der Waals surface area contributed by atoms with Crippen LogP contribution in [0.2, 0.25) is 0 Å². The zero-order valence-corrected chi connectivity index (χ0v) is 34.2. The molecule has 0 spiro atoms. The van der Waals surface area contributed by atoms with Crippen molar-refractivity contribution >= 4 is 47.4 Å². The highest BCUT2D eigenvalue weighted by Crippen LogP contribution is 2.41. The van der Waals surface area contributed by atoms with Crippen LogP contribution in [0.15, 0.2) is 42.5 Å². The second kappa shape index (κ2) is 22.5. The monoisotopic (exact) mass is 826 g/mol. The van der Waals surface area contributed by atoms with E-state index in [1.165, 1.54) is 24.5 Å². The molecule has 1 aliphatic carbocycles. The lowest BCUT2D eigenvalue weighted by Crippen LogP contribution is -2.70. The molecule has 3 N–H and O–H groups in total. The molecule has 2 aliphatic rings. The van der Waals surface area contributed by atoms with Crippen LogP contribution in [0.3, 0.4) is 0 Å². The zero-order chi connectivity index (χ0) is 43.1. The Morgan fingerprint density at radius 1 is 0.831 bits per heavy atom. The minimum absolute atomic E-state index is 0.0343. The quantitative estimate of drug-likeness (QED) is 0.0846. The van der Waals surface area contributed by atoms with Gasteiger partial charge in [0.05, 0.1) is 39.2 Å². The summed E-state index contributed by atoms with van der Waals surface area (Å²) in [5.41, 5.74) is 5.15. The number of fused-ring (bicyclic) bond motifs is 3. The first-order valence-electron chi connectivity index (χ1n) is 19.4. The summed E-state index contributed by atoms with van der Waals surface area (Å²) in [7, 11) is 1.32. The van der Waals surface area contributed by atoms with Gasteiger partial charge in [0, 0.05) is 34.1 Å². The third-order valence-corrected chi connectivity index (χ3v) is 9.48. The maximum Gasteiger partial charge on any atom is 0.414 e. The maximum absolute atomic E-state index is 13.7. The molecule has 1 unspecified atom stereocenters. The van der Waals surface area contributed by atoms with Crippen LogP contribution in [0.5, 0.6) is 0 Å². The van der Waals surface area contributed by atoms with Gasteiger partial charge in [-0.15, -0.1) is 0 Å². The predicted molar refractivity (Wildman–Crippen MR) is 210 cm³/mol. The summed E-state index contributed by atoms with van der Waals surface area (Å²) in [6, 6.07) is 11.6. The van der Waals surface area contributed by atoms with Crippen molar-refractivity contribution in [1.82, 2.24) is 16.0 Å². The third kappa shape index (κ3) is 13.2. The Kier molecular flexibility index (Phi) is 17.6. The molecular weight excluding hydrogens is 772 g/mol. The van der Waals surface area contributed by atoms with Crippen molar-refractivity contribution in [2.24, 2.45) is 0 Å². The van der Waals surface area contributed by atoms with E-state index in [0.29, 0.717) is 19.3 Å². The van der Waals surface area contributed by atoms with Gasteiger partial charge in [-0.05, 0) is 34.7 Å². The van der Waals surface area contributed by atoms with E-state index in [0.717, 1.165) is 43.1 Å². The van der Waals surface area contributed by atoms with Crippen LogP contribution >= 0.6 is 0 Å². The van der Waals surface area contributed by atoms with E-state index in [9.17, 15) is 33.6 Å². The van der Waals surface area contributed by atoms with E-state index in [2.05, 4.69) is 28.1 Å². The summed E-state index contributed by atoms with van der Waals surface area (Å²) in [4.78, 5) is 89.4. The zero-order valence-electron chi connectivity index (χ0n) is 34.2. The van der Waals surface area contributed by atoms with Gasteiger partial charge in [-0.1, -0.05) is 56.2 Å². The normalized spacial score (nSPS) is 19.5. The summed E-state index contributed by atoms with van der Waals surface area (Å²) in [6.45, 7) is 6.13. The Hall–Kier alpha value is -5.59. The highest BCUT2D eigenvalue weighted by atomic mass is 16.6. The molecule has 322 valence electrons. The Labute approximate surface area is 342 Å². The van der Waals surface area contributed by atoms with Crippen LogP contribution in [0.4, 0.5) is 10.5 Å². The van der Waals surface area contributed by atoms with Crippen LogP contribution in [-0.4, -0.2) is 125 Å². The van der Waals surface area contributed by atoms with E-state index in [4.69, 9.17) is 33.2 Å². The molecule has 1 aliphatic heterocycles. The predicted octanol–water partition coefficient (Wildman–Crippen LogP) is 2.31. The minimum atomic E-state index is -1.40. The van der Waals surface area contributed by atoms with Gasteiger partial charge in [0.1, 0.15) is 31.4 Å². The summed E-state index contributed by atoms with van der Waals surface area (Å²) in [6.07, 6.45) is -3.71. The van der Waals surface area contributed by atoms with E-state index in [-0.39, 0.29) is 32.8 Å². The molecule has 0 bridgehead atoms. The Balaban J connectivity index is 1.33. The fraction of sp³-hybridized carbons (Fsp3) is 0.537. The third-order valence-electron chi connectivity index (χ3n) is 9.48. The number of anilines is 1. The average molecular weight is 827 g/mol. The molecule has 0 radical (unpaired) electrons. The van der Waals surface area contributed by atoms with Crippen LogP contribution < -0.4 is 20.9 Å². The molecule has 1 fully saturated rings. The topological polar surface area (TPSA) is 223 Å². The van der Waals surface area contributed by atoms with Gasteiger partial charge < -0.3 is 49.1 Å². The molecule has 6 atom stereocenters. The van der Waals surface area contributed by atoms with Crippen molar-refractivity contribution in [1.29, 1.82) is 0 Å². The number of carbonyl (C=O) groups is 7. The van der Waals surface area contributed by atoms with Crippen molar-refractivity contribution in [2.75, 3.05) is 51.6 Å². The minimum Gasteiger partial charge on any atom is -0.463 e. The number of hydrogen-bond acceptors (Lipinski definition) is 14. The number of hydrogen-bond donors (Lipinski definition) is 3. The lowest BCUT2D eigenvalue weighted by atomic mass is 9.94. The van der Waals surface area contributed by atoms with Crippen molar-refractivity contribution in [3.05, 3.63) is 53.6 Å². The van der Waals surface area contributed by atoms with Crippen molar-refractivity contribution in [2.45, 2.75) is 96.9 Å². The standard InChI is InChI=1S/C41H54N4O14/c1-7-8-15-32(39(51)44-40-36(42-24(2)46)38(58-27(5)49)37(57-26(4)48)34(59-40)22-56-25(3)47)43-35(50)23-55-20-19-54-18-17-45(41(52)53-6)33-16-11-14-30-29-13-10-9-12-28(29)21-31(30)33/h9-14,16,32,34,36-38,40H,7-8,15,17-23H2,1-6H3,(H,42,46)(H,43,50)(H,44,51)/t32?,34-,36-,37-,38-,40-/m1/s1. The number of amides is 4. The Morgan fingerprint density at radius 2 is 1.53 bits per heavy atom. The van der Waals surface area contributed by atoms with Crippen molar-refractivity contribution in [3.63, 3.8) is 0 Å². The van der Waals surface area contributed by atoms with Gasteiger partial charge in [-0.25, -0.2) is 4.79 Å². The lowest BCUT2D eigenvalue weighted by molar-refractivity contribution is -0.228. The Morgan fingerprint density at radius 3 is 2.20 bits per heavy atom. The van der Waals surface area contributed by atoms with Gasteiger partial charge in [-0.2, -0.15) is 0 Å². The molecule has 1 heterocycles. The largest absolute Gasteiger partial charge is 0.463 e. The highest BCUT2D eigenvalue weighted by molar-refractivity contribution is 5.93. The van der Waals surface area contributed by atoms with E-state index in [1.807, 2.05) is 37.3 Å². The SMILES string of the molecule is CCCCC(NC(=O)COCCOCCN(C(=O)OC)c1cccc2c1Cc1ccccc1-2)C(=O)N[C@@H]1O[C@H](COC(C)=O)[C@@H](OC(C)=O)[C@H](OC(C)=O)[C@H]1NC(C)=O. The van der Waals surface area contributed by atoms with Crippen LogP contribution in [0.1, 0.15) is 65.0 Å². The van der Waals surface area contributed by atoms with E-state index in [1.54, 1.807) is 0 Å². The fourth-order valence-electron chi connectivity index (χ4n) is 6.96. The molecule has 18 heteroatoms. The number of rotatable bonds is 20. The first kappa shape index (κ1) is 46.1. The molecule has 2 aromatic rings. The van der Waals surface area contributed by atoms with Crippen LogP contribution in [0, 0.1) is 0 Å². The first-order valence-corrected chi connectivity index (χ1v) is 19.4. The van der Waals surface area contributed by atoms with Crippen LogP contribution in [-0.2, 0) is 68.3 Å². The maximum atomic E-state index is 13.7. The summed E-state index contributed by atoms with van der Waals surface area (Å²) < 4.78 is 38.4. The smallest absolute Gasteiger partial charge is 0.414 e. The van der Waals surface area contributed by atoms with Gasteiger partial charge in [0.15, 0.2) is 18.4 Å². The number of nitrogens with one attached hydrogen (secondary N) is 3. The number of nitrogens with zero attached hydrogens (tertiary/aromatic N) is 1. The molecule has 59 heavy (non-hydrogen) atoms. The first-order chi connectivity index (χ1) is 28.2. The summed E-state index contributed by atoms with van der Waals surface area (Å²) in [5, 5.41) is 7.92. The highest BCUT2D eigenvalue weighted by Gasteiger charge is 2.51. The second-order valence-electron chi connectivity index (χ2n) is 14.0. The van der Waals surface area contributed by atoms with Gasteiger partial charge >= 0.3 is 24.0 Å². The van der Waals surface area contributed by atoms with Crippen molar-refractivity contribution in [3.8, 4) is 11.1 Å². The molecule has 4 amide bonds. The molecular formula is C41H54N4O14. The Bertz CT molecular complexity index is 1820. The number of carbonyl (C=O) groups excluding carboxylic acids is 7. The van der Waals surface area contributed by atoms with E-state index < -0.39 is 91.6 Å². The van der Waals surface area contributed by atoms with Gasteiger partial charge in [0.2, 0.25) is 17.7 Å². The van der Waals surface area contributed by atoms with Crippen LogP contribution in [0.25, 0.3) is 11.1 Å². The number of esters is 3. The van der Waals surface area contributed by atoms with Gasteiger partial charge in [-0.3, -0.25) is 33.7 Å². The summed E-state index contributed by atoms with van der Waals surface area (Å²) >= 11 is 0. The molecule has 4 rings (SSSR count). The number of unbranched alkanes of at least 4 members (excludes halogenated alkanes) is 1. The van der Waals surface area contributed by atoms with E-state index >= 15 is 0 Å². The molecule has 0 aromatic heterocycles. The van der Waals surface area contributed by atoms with Crippen molar-refractivity contribution < 1.29 is 66.7 Å². The second-order valence-corrected chi connectivity index (χ2v) is 14.0. The lowest BCUT2D eigenvalue weighted by Gasteiger charge is -2.45. The molecule has 0 saturated carbocycles. The number of methoxy groups -OCH3 is 1. The molecule has 18 nitrogen and oxygen atoms in total. The molecule has 1 saturated heterocycles. The molecule has 2 aromatic carbocycles. The fourth-order valence-corrected chi connectivity index (χ4v) is 6.96. The number of benzene rings is 2. The summed E-state index contributed by atoms with van der Waals surface area (Å²) in [5.74, 6) is -4.12. The van der Waals surface area contributed by atoms with Gasteiger partial charge in [0.25, 0.3) is 0 Å².